The lowest BCUT2D eigenvalue weighted by Crippen LogP contribution is -2.36. The molecule has 0 aliphatic carbocycles. The highest BCUT2D eigenvalue weighted by atomic mass is 32.2. The predicted molar refractivity (Wildman–Crippen MR) is 126 cm³/mol. The average molecular weight is 449 g/mol. The van der Waals surface area contributed by atoms with Gasteiger partial charge in [-0.25, -0.2) is 4.98 Å². The molecule has 3 N–H and O–H groups in total. The molecule has 164 valence electrons. The third-order valence-corrected chi connectivity index (χ3v) is 6.45. The fraction of sp³-hybridized carbons (Fsp3) is 0.250. The molecule has 1 aromatic heterocycles. The van der Waals surface area contributed by atoms with Gasteiger partial charge in [0.2, 0.25) is 11.8 Å². The van der Waals surface area contributed by atoms with E-state index in [-0.39, 0.29) is 23.7 Å². The summed E-state index contributed by atoms with van der Waals surface area (Å²) < 4.78 is 0. The van der Waals surface area contributed by atoms with E-state index in [2.05, 4.69) is 20.6 Å². The summed E-state index contributed by atoms with van der Waals surface area (Å²) in [6.45, 7) is 4.03. The molecule has 0 unspecified atom stereocenters. The third kappa shape index (κ3) is 4.60. The van der Waals surface area contributed by atoms with Crippen molar-refractivity contribution in [1.29, 1.82) is 0 Å². The molecule has 0 bridgehead atoms. The van der Waals surface area contributed by atoms with Gasteiger partial charge in [0.25, 0.3) is 5.56 Å². The number of carbonyl (C=O) groups excluding carboxylic acids is 2. The maximum Gasteiger partial charge on any atom is 0.257 e. The molecule has 3 aromatic rings. The fourth-order valence-electron chi connectivity index (χ4n) is 3.73. The second-order valence-electron chi connectivity index (χ2n) is 7.65. The Morgan fingerprint density at radius 2 is 1.84 bits per heavy atom. The Kier molecular flexibility index (Phi) is 6.41. The molecular formula is C24H24N4O3S. The molecule has 2 amide bonds. The molecule has 2 heterocycles. The van der Waals surface area contributed by atoms with Gasteiger partial charge < -0.3 is 15.6 Å². The first-order valence-electron chi connectivity index (χ1n) is 10.5. The number of anilines is 2. The number of fused-ring (bicyclic) bond motifs is 1. The second kappa shape index (κ2) is 9.40. The van der Waals surface area contributed by atoms with E-state index >= 15 is 0 Å². The SMILES string of the molecule is CCc1ccccc1NC(=O)[C@H]1CC(=O)Nc2nc(SCc3ccccc3C)[nH]c(=O)c21. The van der Waals surface area contributed by atoms with E-state index in [1.54, 1.807) is 0 Å². The van der Waals surface area contributed by atoms with Gasteiger partial charge in [0.05, 0.1) is 11.5 Å². The molecule has 0 saturated heterocycles. The summed E-state index contributed by atoms with van der Waals surface area (Å²) in [5.74, 6) is -0.861. The zero-order valence-electron chi connectivity index (χ0n) is 17.9. The Labute approximate surface area is 190 Å². The van der Waals surface area contributed by atoms with E-state index in [1.807, 2.05) is 62.4 Å². The Morgan fingerprint density at radius 3 is 2.59 bits per heavy atom. The minimum atomic E-state index is -0.907. The van der Waals surface area contributed by atoms with Crippen LogP contribution >= 0.6 is 11.8 Å². The number of aromatic amines is 1. The quantitative estimate of drug-likeness (QED) is 0.391. The van der Waals surface area contributed by atoms with Gasteiger partial charge in [0.1, 0.15) is 5.82 Å². The number of benzene rings is 2. The topological polar surface area (TPSA) is 104 Å². The molecule has 8 heteroatoms. The molecule has 0 spiro atoms. The predicted octanol–water partition coefficient (Wildman–Crippen LogP) is 4.00. The number of nitrogens with one attached hydrogen (secondary N) is 3. The maximum atomic E-state index is 13.1. The lowest BCUT2D eigenvalue weighted by molar-refractivity contribution is -0.123. The lowest BCUT2D eigenvalue weighted by Gasteiger charge is -2.24. The summed E-state index contributed by atoms with van der Waals surface area (Å²) in [6, 6.07) is 15.5. The van der Waals surface area contributed by atoms with Crippen molar-refractivity contribution < 1.29 is 9.59 Å². The zero-order valence-corrected chi connectivity index (χ0v) is 18.7. The van der Waals surface area contributed by atoms with E-state index in [1.165, 1.54) is 11.8 Å². The van der Waals surface area contributed by atoms with Crippen molar-refractivity contribution in [2.24, 2.45) is 0 Å². The Morgan fingerprint density at radius 1 is 1.12 bits per heavy atom. The minimum absolute atomic E-state index is 0.104. The molecule has 4 rings (SSSR count). The first kappa shape index (κ1) is 21.8. The van der Waals surface area contributed by atoms with E-state index in [0.29, 0.717) is 16.6 Å². The van der Waals surface area contributed by atoms with Crippen molar-refractivity contribution in [3.05, 3.63) is 81.1 Å². The summed E-state index contributed by atoms with van der Waals surface area (Å²) in [5, 5.41) is 5.94. The number of rotatable bonds is 6. The molecule has 1 aliphatic heterocycles. The van der Waals surface area contributed by atoms with E-state index in [0.717, 1.165) is 23.1 Å². The summed E-state index contributed by atoms with van der Waals surface area (Å²) in [4.78, 5) is 45.5. The first-order valence-corrected chi connectivity index (χ1v) is 11.4. The maximum absolute atomic E-state index is 13.1. The number of aromatic nitrogens is 2. The summed E-state index contributed by atoms with van der Waals surface area (Å²) in [5.41, 5.74) is 3.73. The van der Waals surface area contributed by atoms with Gasteiger partial charge in [-0.3, -0.25) is 14.4 Å². The Balaban J connectivity index is 1.59. The van der Waals surface area contributed by atoms with Crippen LogP contribution in [0.1, 0.15) is 41.5 Å². The van der Waals surface area contributed by atoms with Crippen LogP contribution in [0.2, 0.25) is 0 Å². The van der Waals surface area contributed by atoms with Gasteiger partial charge in [0, 0.05) is 17.9 Å². The molecule has 0 radical (unpaired) electrons. The molecule has 32 heavy (non-hydrogen) atoms. The molecule has 1 aliphatic rings. The fourth-order valence-corrected chi connectivity index (χ4v) is 4.67. The summed E-state index contributed by atoms with van der Waals surface area (Å²) in [6.07, 6.45) is 0.648. The minimum Gasteiger partial charge on any atom is -0.325 e. The highest BCUT2D eigenvalue weighted by molar-refractivity contribution is 7.98. The Bertz CT molecular complexity index is 1240. The van der Waals surface area contributed by atoms with Crippen molar-refractivity contribution in [2.45, 2.75) is 43.5 Å². The van der Waals surface area contributed by atoms with Crippen LogP contribution in [0.4, 0.5) is 11.5 Å². The number of aryl methyl sites for hydroxylation is 2. The second-order valence-corrected chi connectivity index (χ2v) is 8.62. The van der Waals surface area contributed by atoms with Crippen LogP contribution in [-0.2, 0) is 21.8 Å². The highest BCUT2D eigenvalue weighted by Crippen LogP contribution is 2.31. The number of hydrogen-bond donors (Lipinski definition) is 3. The molecule has 1 atom stereocenters. The smallest absolute Gasteiger partial charge is 0.257 e. The van der Waals surface area contributed by atoms with Crippen LogP contribution in [-0.4, -0.2) is 21.8 Å². The van der Waals surface area contributed by atoms with E-state index in [4.69, 9.17) is 0 Å². The standard InChI is InChI=1S/C24H24N4O3S/c1-3-15-9-6-7-11-18(15)25-22(30)17-12-19(29)26-21-20(17)23(31)28-24(27-21)32-13-16-10-5-4-8-14(16)2/h4-11,17H,3,12-13H2,1-2H3,(H,25,30)(H2,26,27,28,29,31)/t17-/m0/s1. The van der Waals surface area contributed by atoms with Crippen LogP contribution < -0.4 is 16.2 Å². The number of thioether (sulfide) groups is 1. The molecule has 7 nitrogen and oxygen atoms in total. The third-order valence-electron chi connectivity index (χ3n) is 5.53. The van der Waals surface area contributed by atoms with Gasteiger partial charge in [-0.2, -0.15) is 0 Å². The lowest BCUT2D eigenvalue weighted by atomic mass is 9.92. The number of para-hydroxylation sites is 1. The number of amides is 2. The van der Waals surface area contributed by atoms with Crippen LogP contribution in [0.5, 0.6) is 0 Å². The van der Waals surface area contributed by atoms with Crippen molar-refractivity contribution in [2.75, 3.05) is 10.6 Å². The van der Waals surface area contributed by atoms with Crippen molar-refractivity contribution in [3.8, 4) is 0 Å². The summed E-state index contributed by atoms with van der Waals surface area (Å²) in [7, 11) is 0. The molecule has 2 aromatic carbocycles. The average Bonchev–Trinajstić information content (AvgIpc) is 2.78. The first-order chi connectivity index (χ1) is 15.5. The van der Waals surface area contributed by atoms with E-state index < -0.39 is 17.4 Å². The van der Waals surface area contributed by atoms with Crippen molar-refractivity contribution >= 4 is 35.1 Å². The van der Waals surface area contributed by atoms with Crippen LogP contribution in [0.25, 0.3) is 0 Å². The number of carbonyl (C=O) groups is 2. The Hall–Kier alpha value is -3.39. The largest absolute Gasteiger partial charge is 0.325 e. The highest BCUT2D eigenvalue weighted by Gasteiger charge is 2.35. The van der Waals surface area contributed by atoms with Gasteiger partial charge in [-0.15, -0.1) is 0 Å². The van der Waals surface area contributed by atoms with E-state index in [9.17, 15) is 14.4 Å². The molecule has 0 fully saturated rings. The molecule has 0 saturated carbocycles. The van der Waals surface area contributed by atoms with Crippen molar-refractivity contribution in [3.63, 3.8) is 0 Å². The van der Waals surface area contributed by atoms with Gasteiger partial charge in [-0.05, 0) is 36.1 Å². The van der Waals surface area contributed by atoms with Crippen LogP contribution in [0.3, 0.4) is 0 Å². The van der Waals surface area contributed by atoms with Crippen LogP contribution in [0, 0.1) is 6.92 Å². The summed E-state index contributed by atoms with van der Waals surface area (Å²) >= 11 is 1.37. The van der Waals surface area contributed by atoms with Gasteiger partial charge in [0.15, 0.2) is 5.16 Å². The van der Waals surface area contributed by atoms with Crippen LogP contribution in [0.15, 0.2) is 58.5 Å². The molecular weight excluding hydrogens is 424 g/mol. The van der Waals surface area contributed by atoms with Gasteiger partial charge >= 0.3 is 0 Å². The number of hydrogen-bond acceptors (Lipinski definition) is 5. The van der Waals surface area contributed by atoms with Crippen molar-refractivity contribution in [1.82, 2.24) is 9.97 Å². The number of nitrogens with zero attached hydrogens (tertiary/aromatic N) is 1. The zero-order chi connectivity index (χ0) is 22.7. The normalized spacial score (nSPS) is 15.1. The van der Waals surface area contributed by atoms with Gasteiger partial charge in [-0.1, -0.05) is 61.2 Å². The monoisotopic (exact) mass is 448 g/mol. The number of H-pyrrole nitrogens is 1.